The van der Waals surface area contributed by atoms with Crippen molar-refractivity contribution in [1.29, 1.82) is 0 Å². The molecule has 7 nitrogen and oxygen atoms in total. The molecule has 0 aromatic carbocycles. The molecule has 7 heteroatoms. The molecule has 2 aliphatic carbocycles. The first-order valence-electron chi connectivity index (χ1n) is 24.0. The van der Waals surface area contributed by atoms with Crippen molar-refractivity contribution in [2.75, 3.05) is 27.2 Å². The molecule has 0 heterocycles. The molecule has 0 spiro atoms. The zero-order valence-electron chi connectivity index (χ0n) is 38.2. The van der Waals surface area contributed by atoms with Crippen molar-refractivity contribution in [3.63, 3.8) is 0 Å². The van der Waals surface area contributed by atoms with Crippen LogP contribution in [0, 0.1) is 29.1 Å². The van der Waals surface area contributed by atoms with E-state index in [2.05, 4.69) is 46.4 Å². The van der Waals surface area contributed by atoms with E-state index in [0.717, 1.165) is 108 Å². The van der Waals surface area contributed by atoms with Crippen LogP contribution in [0.4, 0.5) is 0 Å². The molecule has 2 rings (SSSR count). The van der Waals surface area contributed by atoms with Gasteiger partial charge in [-0.25, -0.2) is 0 Å². The highest BCUT2D eigenvalue weighted by atomic mass is 16.6. The summed E-state index contributed by atoms with van der Waals surface area (Å²) in [5.74, 6) is 2.91. The molecule has 0 N–H and O–H groups in total. The predicted octanol–water partition coefficient (Wildman–Crippen LogP) is 13.2. The van der Waals surface area contributed by atoms with Crippen LogP contribution < -0.4 is 0 Å². The van der Waals surface area contributed by atoms with Crippen molar-refractivity contribution in [1.82, 2.24) is 4.90 Å². The van der Waals surface area contributed by atoms with Crippen molar-refractivity contribution in [2.24, 2.45) is 29.1 Å². The third-order valence-corrected chi connectivity index (χ3v) is 14.0. The molecule has 2 fully saturated rings. The zero-order valence-corrected chi connectivity index (χ0v) is 38.2. The van der Waals surface area contributed by atoms with Crippen molar-refractivity contribution in [3.05, 3.63) is 0 Å². The van der Waals surface area contributed by atoms with Crippen LogP contribution in [0.25, 0.3) is 0 Å². The van der Waals surface area contributed by atoms with Crippen LogP contribution in [0.2, 0.25) is 0 Å². The molecular weight excluding hydrogens is 699 g/mol. The number of rotatable bonds is 35. The minimum atomic E-state index is -0.462. The number of hydrogen-bond donors (Lipinski definition) is 0. The van der Waals surface area contributed by atoms with E-state index >= 15 is 0 Å². The molecule has 0 amide bonds. The second-order valence-corrected chi connectivity index (χ2v) is 19.4. The van der Waals surface area contributed by atoms with Crippen LogP contribution in [-0.2, 0) is 28.6 Å². The number of fused-ring (bicyclic) bond motifs is 1. The predicted molar refractivity (Wildman–Crippen MR) is 233 cm³/mol. The molecule has 0 radical (unpaired) electrons. The Bertz CT molecular complexity index is 1050. The van der Waals surface area contributed by atoms with Gasteiger partial charge >= 0.3 is 17.9 Å². The maximum atomic E-state index is 12.9. The summed E-state index contributed by atoms with van der Waals surface area (Å²) >= 11 is 0. The van der Waals surface area contributed by atoms with Gasteiger partial charge in [-0.2, -0.15) is 0 Å². The van der Waals surface area contributed by atoms with Crippen LogP contribution >= 0.6 is 0 Å². The number of nitrogens with zero attached hydrogens (tertiary/aromatic N) is 1. The highest BCUT2D eigenvalue weighted by molar-refractivity contribution is 5.70. The van der Waals surface area contributed by atoms with E-state index < -0.39 is 5.60 Å². The van der Waals surface area contributed by atoms with Gasteiger partial charge in [0.25, 0.3) is 0 Å². The van der Waals surface area contributed by atoms with Crippen LogP contribution in [-0.4, -0.2) is 61.8 Å². The van der Waals surface area contributed by atoms with Crippen molar-refractivity contribution >= 4 is 17.9 Å². The Balaban J connectivity index is 1.62. The number of esters is 3. The fraction of sp³-hybridized carbons (Fsp3) is 0.939. The van der Waals surface area contributed by atoms with Gasteiger partial charge in [-0.05, 0) is 135 Å². The quantitative estimate of drug-likeness (QED) is 0.0359. The fourth-order valence-electron chi connectivity index (χ4n) is 9.50. The zero-order chi connectivity index (χ0) is 41.2. The van der Waals surface area contributed by atoms with Gasteiger partial charge in [0.2, 0.25) is 0 Å². The van der Waals surface area contributed by atoms with E-state index in [1.807, 2.05) is 14.1 Å². The van der Waals surface area contributed by atoms with Gasteiger partial charge in [0.1, 0.15) is 11.7 Å². The topological polar surface area (TPSA) is 82.1 Å². The van der Waals surface area contributed by atoms with Crippen LogP contribution in [0.15, 0.2) is 0 Å². The normalized spacial score (nSPS) is 18.9. The van der Waals surface area contributed by atoms with E-state index in [-0.39, 0.29) is 29.4 Å². The minimum absolute atomic E-state index is 0.0188. The summed E-state index contributed by atoms with van der Waals surface area (Å²) in [6, 6.07) is 0. The van der Waals surface area contributed by atoms with Crippen LogP contribution in [0.1, 0.15) is 228 Å². The summed E-state index contributed by atoms with van der Waals surface area (Å²) in [6.45, 7) is 14.9. The molecule has 328 valence electrons. The van der Waals surface area contributed by atoms with Gasteiger partial charge in [-0.3, -0.25) is 14.4 Å². The van der Waals surface area contributed by atoms with E-state index in [0.29, 0.717) is 37.7 Å². The van der Waals surface area contributed by atoms with Gasteiger partial charge in [0.15, 0.2) is 0 Å². The molecule has 0 bridgehead atoms. The van der Waals surface area contributed by atoms with Gasteiger partial charge < -0.3 is 19.1 Å². The Hall–Kier alpha value is -1.63. The monoisotopic (exact) mass is 790 g/mol. The molecule has 0 aromatic heterocycles. The van der Waals surface area contributed by atoms with E-state index in [4.69, 9.17) is 14.2 Å². The fourth-order valence-corrected chi connectivity index (χ4v) is 9.50. The first-order chi connectivity index (χ1) is 26.8. The summed E-state index contributed by atoms with van der Waals surface area (Å²) < 4.78 is 17.8. The summed E-state index contributed by atoms with van der Waals surface area (Å²) in [7, 11) is 4.06. The van der Waals surface area contributed by atoms with E-state index in [1.165, 1.54) is 77.0 Å². The first kappa shape index (κ1) is 50.5. The molecule has 2 aliphatic rings. The molecule has 0 aliphatic heterocycles. The highest BCUT2D eigenvalue weighted by Crippen LogP contribution is 2.59. The summed E-state index contributed by atoms with van der Waals surface area (Å²) in [4.78, 5) is 40.1. The SMILES string of the molecule is CCCCCC(CCCCC)CCOC(=O)CCCCCCCC(CCCCCCCC(=O)OC(C)(C)C(C)(C)C1CCC2CCC21)OC(=O)CCCN(C)C. The third kappa shape index (κ3) is 20.4. The molecule has 4 atom stereocenters. The van der Waals surface area contributed by atoms with Crippen molar-refractivity contribution < 1.29 is 28.6 Å². The number of carbonyl (C=O) groups is 3. The maximum Gasteiger partial charge on any atom is 0.306 e. The third-order valence-electron chi connectivity index (χ3n) is 14.0. The number of carbonyl (C=O) groups excluding carboxylic acids is 3. The second kappa shape index (κ2) is 28.7. The summed E-state index contributed by atoms with van der Waals surface area (Å²) in [5, 5.41) is 0. The Morgan fingerprint density at radius 2 is 1.11 bits per heavy atom. The Labute approximate surface area is 346 Å². The number of hydrogen-bond acceptors (Lipinski definition) is 7. The number of ether oxygens (including phenoxy) is 3. The second-order valence-electron chi connectivity index (χ2n) is 19.4. The number of unbranched alkanes of at least 4 members (excludes halogenated alkanes) is 12. The largest absolute Gasteiger partial charge is 0.466 e. The maximum absolute atomic E-state index is 12.9. The summed E-state index contributed by atoms with van der Waals surface area (Å²) in [6.07, 6.45) is 30.9. The van der Waals surface area contributed by atoms with Gasteiger partial charge in [-0.15, -0.1) is 0 Å². The van der Waals surface area contributed by atoms with Crippen molar-refractivity contribution in [2.45, 2.75) is 239 Å². The Morgan fingerprint density at radius 3 is 1.64 bits per heavy atom. The smallest absolute Gasteiger partial charge is 0.306 e. The average Bonchev–Trinajstić information content (AvgIpc) is 3.43. The Morgan fingerprint density at radius 1 is 0.589 bits per heavy atom. The lowest BCUT2D eigenvalue weighted by Crippen LogP contribution is -2.50. The first-order valence-corrected chi connectivity index (χ1v) is 24.0. The minimum Gasteiger partial charge on any atom is -0.466 e. The lowest BCUT2D eigenvalue weighted by atomic mass is 9.59. The van der Waals surface area contributed by atoms with E-state index in [9.17, 15) is 14.4 Å². The molecule has 2 saturated carbocycles. The van der Waals surface area contributed by atoms with Gasteiger partial charge in [0, 0.05) is 24.7 Å². The lowest BCUT2D eigenvalue weighted by molar-refractivity contribution is -0.176. The van der Waals surface area contributed by atoms with Crippen LogP contribution in [0.3, 0.4) is 0 Å². The van der Waals surface area contributed by atoms with E-state index in [1.54, 1.807) is 0 Å². The van der Waals surface area contributed by atoms with Gasteiger partial charge in [0.05, 0.1) is 6.61 Å². The Kier molecular flexibility index (Phi) is 25.9. The molecule has 0 saturated heterocycles. The summed E-state index contributed by atoms with van der Waals surface area (Å²) in [5.41, 5.74) is -0.480. The highest BCUT2D eigenvalue weighted by Gasteiger charge is 2.54. The van der Waals surface area contributed by atoms with Crippen molar-refractivity contribution in [3.8, 4) is 0 Å². The molecular formula is C49H91NO6. The lowest BCUT2D eigenvalue weighted by Gasteiger charge is -2.49. The molecule has 0 aromatic rings. The van der Waals surface area contributed by atoms with Gasteiger partial charge in [-0.1, -0.05) is 118 Å². The molecule has 4 unspecified atom stereocenters. The standard InChI is InChI=1S/C49H91NO6/c1-9-11-19-26-40(27-20-12-10-2)37-39-54-45(51)30-23-17-13-15-21-28-42(55-46(52)32-25-38-50(7)8)29-22-16-14-18-24-31-47(53)56-49(5,6)48(3,4)44-36-34-41-33-35-43(41)44/h40-44H,9-39H2,1-8H3. The van der Waals surface area contributed by atoms with Crippen LogP contribution in [0.5, 0.6) is 0 Å². The average molecular weight is 790 g/mol. The molecule has 56 heavy (non-hydrogen) atoms.